The third-order valence-corrected chi connectivity index (χ3v) is 3.85. The quantitative estimate of drug-likeness (QED) is 0.571. The monoisotopic (exact) mass is 319 g/mol. The summed E-state index contributed by atoms with van der Waals surface area (Å²) in [7, 11) is 0. The van der Waals surface area contributed by atoms with E-state index in [2.05, 4.69) is 5.10 Å². The van der Waals surface area contributed by atoms with Crippen LogP contribution in [0.3, 0.4) is 0 Å². The summed E-state index contributed by atoms with van der Waals surface area (Å²) in [5, 5.41) is 5.97. The minimum Gasteiger partial charge on any atom is -0.399 e. The maximum atomic E-state index is 11.6. The Labute approximate surface area is 131 Å². The van der Waals surface area contributed by atoms with Gasteiger partial charge in [-0.25, -0.2) is 4.68 Å². The molecule has 0 aliphatic carbocycles. The van der Waals surface area contributed by atoms with Crippen molar-refractivity contribution in [2.75, 3.05) is 5.73 Å². The molecule has 1 heterocycles. The number of hydrogen-bond donors (Lipinski definition) is 1. The SMILES string of the molecule is CC(=O)c1cc(-n2ncc3cc(N)ccc32)c(Cl)cc1Cl. The second-order valence-electron chi connectivity index (χ2n) is 4.71. The summed E-state index contributed by atoms with van der Waals surface area (Å²) in [6, 6.07) is 8.68. The first-order chi connectivity index (χ1) is 9.97. The highest BCUT2D eigenvalue weighted by Crippen LogP contribution is 2.30. The molecule has 0 aliphatic rings. The molecule has 0 aliphatic heterocycles. The molecule has 0 atom stereocenters. The normalized spacial score (nSPS) is 11.0. The molecule has 6 heteroatoms. The summed E-state index contributed by atoms with van der Waals surface area (Å²) in [6.07, 6.45) is 1.70. The van der Waals surface area contributed by atoms with E-state index in [1.165, 1.54) is 6.92 Å². The third kappa shape index (κ3) is 2.37. The molecule has 2 N–H and O–H groups in total. The van der Waals surface area contributed by atoms with Gasteiger partial charge >= 0.3 is 0 Å². The highest BCUT2D eigenvalue weighted by Gasteiger charge is 2.14. The predicted octanol–water partition coefficient (Wildman–Crippen LogP) is 4.12. The molecule has 0 spiro atoms. The van der Waals surface area contributed by atoms with Crippen molar-refractivity contribution < 1.29 is 4.79 Å². The number of nitrogens with zero attached hydrogens (tertiary/aromatic N) is 2. The molecule has 0 fully saturated rings. The molecule has 0 radical (unpaired) electrons. The number of fused-ring (bicyclic) bond motifs is 1. The van der Waals surface area contributed by atoms with Crippen molar-refractivity contribution in [1.82, 2.24) is 9.78 Å². The summed E-state index contributed by atoms with van der Waals surface area (Å²) < 4.78 is 1.67. The molecule has 106 valence electrons. The molecule has 0 saturated carbocycles. The van der Waals surface area contributed by atoms with Gasteiger partial charge in [0, 0.05) is 16.6 Å². The zero-order chi connectivity index (χ0) is 15.1. The number of benzene rings is 2. The van der Waals surface area contributed by atoms with E-state index in [9.17, 15) is 4.79 Å². The van der Waals surface area contributed by atoms with Crippen LogP contribution in [-0.2, 0) is 0 Å². The molecule has 0 saturated heterocycles. The van der Waals surface area contributed by atoms with Crippen LogP contribution in [0.2, 0.25) is 10.0 Å². The van der Waals surface area contributed by atoms with Crippen molar-refractivity contribution in [3.63, 3.8) is 0 Å². The van der Waals surface area contributed by atoms with Gasteiger partial charge in [-0.2, -0.15) is 5.10 Å². The number of carbonyl (C=O) groups excluding carboxylic acids is 1. The van der Waals surface area contributed by atoms with E-state index < -0.39 is 0 Å². The lowest BCUT2D eigenvalue weighted by Crippen LogP contribution is -2.01. The van der Waals surface area contributed by atoms with E-state index in [0.29, 0.717) is 27.0 Å². The van der Waals surface area contributed by atoms with Crippen LogP contribution in [0.4, 0.5) is 5.69 Å². The second-order valence-corrected chi connectivity index (χ2v) is 5.53. The fourth-order valence-corrected chi connectivity index (χ4v) is 2.81. The highest BCUT2D eigenvalue weighted by atomic mass is 35.5. The van der Waals surface area contributed by atoms with E-state index in [-0.39, 0.29) is 5.78 Å². The van der Waals surface area contributed by atoms with Gasteiger partial charge in [0.05, 0.1) is 27.4 Å². The molecule has 2 aromatic carbocycles. The minimum atomic E-state index is -0.126. The van der Waals surface area contributed by atoms with Gasteiger partial charge < -0.3 is 5.73 Å². The molecule has 4 nitrogen and oxygen atoms in total. The largest absolute Gasteiger partial charge is 0.399 e. The Kier molecular flexibility index (Phi) is 3.35. The smallest absolute Gasteiger partial charge is 0.161 e. The molecule has 0 unspecified atom stereocenters. The van der Waals surface area contributed by atoms with E-state index in [0.717, 1.165) is 10.9 Å². The van der Waals surface area contributed by atoms with Gasteiger partial charge in [-0.1, -0.05) is 23.2 Å². The Hall–Kier alpha value is -2.04. The zero-order valence-corrected chi connectivity index (χ0v) is 12.6. The first-order valence-corrected chi connectivity index (χ1v) is 6.96. The molecule has 3 aromatic rings. The number of aromatic nitrogens is 2. The van der Waals surface area contributed by atoms with Gasteiger partial charge in [0.25, 0.3) is 0 Å². The third-order valence-electron chi connectivity index (χ3n) is 3.24. The Balaban J connectivity index is 2.27. The number of Topliss-reactive ketones (excluding diaryl/α,β-unsaturated/α-hetero) is 1. The lowest BCUT2D eigenvalue weighted by molar-refractivity contribution is 0.101. The molecule has 1 aromatic heterocycles. The van der Waals surface area contributed by atoms with Crippen LogP contribution in [-0.4, -0.2) is 15.6 Å². The molecular formula is C15H11Cl2N3O. The van der Waals surface area contributed by atoms with Gasteiger partial charge in [0.2, 0.25) is 0 Å². The Morgan fingerprint density at radius 1 is 1.19 bits per heavy atom. The van der Waals surface area contributed by atoms with Gasteiger partial charge in [0.15, 0.2) is 5.78 Å². The van der Waals surface area contributed by atoms with E-state index in [1.54, 1.807) is 29.1 Å². The summed E-state index contributed by atoms with van der Waals surface area (Å²) >= 11 is 12.3. The summed E-state index contributed by atoms with van der Waals surface area (Å²) in [5.41, 5.74) is 8.29. The number of ketones is 1. The minimum absolute atomic E-state index is 0.126. The van der Waals surface area contributed by atoms with E-state index in [1.807, 2.05) is 12.1 Å². The maximum Gasteiger partial charge on any atom is 0.161 e. The number of hydrogen-bond acceptors (Lipinski definition) is 3. The number of carbonyl (C=O) groups is 1. The predicted molar refractivity (Wildman–Crippen MR) is 85.5 cm³/mol. The first kappa shape index (κ1) is 13.9. The molecule has 21 heavy (non-hydrogen) atoms. The van der Waals surface area contributed by atoms with Gasteiger partial charge in [-0.05, 0) is 37.3 Å². The lowest BCUT2D eigenvalue weighted by atomic mass is 10.1. The number of anilines is 1. The van der Waals surface area contributed by atoms with E-state index in [4.69, 9.17) is 28.9 Å². The Morgan fingerprint density at radius 2 is 1.95 bits per heavy atom. The average molecular weight is 320 g/mol. The van der Waals surface area contributed by atoms with Crippen molar-refractivity contribution >= 4 is 45.6 Å². The van der Waals surface area contributed by atoms with Crippen LogP contribution in [0.5, 0.6) is 0 Å². The zero-order valence-electron chi connectivity index (χ0n) is 11.1. The van der Waals surface area contributed by atoms with Crippen LogP contribution in [0, 0.1) is 0 Å². The number of nitrogens with two attached hydrogens (primary N) is 1. The summed E-state index contributed by atoms with van der Waals surface area (Å²) in [6.45, 7) is 1.46. The molecule has 3 rings (SSSR count). The fourth-order valence-electron chi connectivity index (χ4n) is 2.21. The van der Waals surface area contributed by atoms with Crippen molar-refractivity contribution in [2.24, 2.45) is 0 Å². The van der Waals surface area contributed by atoms with Crippen molar-refractivity contribution in [2.45, 2.75) is 6.92 Å². The van der Waals surface area contributed by atoms with Crippen molar-refractivity contribution in [3.8, 4) is 5.69 Å². The van der Waals surface area contributed by atoms with Crippen molar-refractivity contribution in [3.05, 3.63) is 52.1 Å². The van der Waals surface area contributed by atoms with Crippen molar-refractivity contribution in [1.29, 1.82) is 0 Å². The maximum absolute atomic E-state index is 11.6. The topological polar surface area (TPSA) is 60.9 Å². The Morgan fingerprint density at radius 3 is 2.67 bits per heavy atom. The van der Waals surface area contributed by atoms with Gasteiger partial charge in [-0.3, -0.25) is 4.79 Å². The number of nitrogen functional groups attached to an aromatic ring is 1. The fraction of sp³-hybridized carbons (Fsp3) is 0.0667. The average Bonchev–Trinajstić information content (AvgIpc) is 2.81. The van der Waals surface area contributed by atoms with Gasteiger partial charge in [-0.15, -0.1) is 0 Å². The summed E-state index contributed by atoms with van der Waals surface area (Å²) in [4.78, 5) is 11.6. The molecule has 0 amide bonds. The summed E-state index contributed by atoms with van der Waals surface area (Å²) in [5.74, 6) is -0.126. The molecular weight excluding hydrogens is 309 g/mol. The van der Waals surface area contributed by atoms with Crippen LogP contribution in [0.25, 0.3) is 16.6 Å². The molecule has 0 bridgehead atoms. The standard InChI is InChI=1S/C15H11Cl2N3O/c1-8(21)11-5-15(13(17)6-12(11)16)20-14-3-2-10(18)4-9(14)7-19-20/h2-7H,18H2,1H3. The van der Waals surface area contributed by atoms with Crippen LogP contribution in [0.15, 0.2) is 36.5 Å². The highest BCUT2D eigenvalue weighted by molar-refractivity contribution is 6.37. The van der Waals surface area contributed by atoms with Crippen LogP contribution < -0.4 is 5.73 Å². The van der Waals surface area contributed by atoms with Crippen LogP contribution in [0.1, 0.15) is 17.3 Å². The number of halogens is 2. The van der Waals surface area contributed by atoms with Gasteiger partial charge in [0.1, 0.15) is 0 Å². The second kappa shape index (κ2) is 5.06. The lowest BCUT2D eigenvalue weighted by Gasteiger charge is -2.09. The van der Waals surface area contributed by atoms with E-state index >= 15 is 0 Å². The Bertz CT molecular complexity index is 871. The number of rotatable bonds is 2. The first-order valence-electron chi connectivity index (χ1n) is 6.21. The van der Waals surface area contributed by atoms with Crippen LogP contribution >= 0.6 is 23.2 Å².